The van der Waals surface area contributed by atoms with E-state index in [1.165, 1.54) is 25.3 Å². The van der Waals surface area contributed by atoms with Crippen LogP contribution < -0.4 is 5.32 Å². The van der Waals surface area contributed by atoms with Gasteiger partial charge in [0, 0.05) is 16.4 Å². The average Bonchev–Trinajstić information content (AvgIpc) is 2.48. The van der Waals surface area contributed by atoms with Crippen molar-refractivity contribution >= 4 is 34.9 Å². The number of anilines is 2. The second-order valence-electron chi connectivity index (χ2n) is 4.23. The highest BCUT2D eigenvalue weighted by Gasteiger charge is 2.12. The third-order valence-electron chi connectivity index (χ3n) is 2.73. The first-order valence-electron chi connectivity index (χ1n) is 5.99. The number of rotatable bonds is 4. The third kappa shape index (κ3) is 3.73. The first kappa shape index (κ1) is 14.9. The molecule has 0 bridgehead atoms. The maximum Gasteiger partial charge on any atom is 0.337 e. The molecule has 2 aromatic rings. The summed E-state index contributed by atoms with van der Waals surface area (Å²) < 4.78 is 4.61. The standard InChI is InChI=1S/C15H12ClNO4/c1-21-15(20)10-6-9(14(18)19)7-13(8-10)17-12-4-2-11(16)3-5-12/h2-8,17H,1H3,(H,18,19). The smallest absolute Gasteiger partial charge is 0.337 e. The Hall–Kier alpha value is -2.53. The van der Waals surface area contributed by atoms with Gasteiger partial charge >= 0.3 is 11.9 Å². The normalized spacial score (nSPS) is 10.0. The van der Waals surface area contributed by atoms with E-state index >= 15 is 0 Å². The van der Waals surface area contributed by atoms with Crippen LogP contribution in [0.5, 0.6) is 0 Å². The molecule has 5 nitrogen and oxygen atoms in total. The molecule has 0 atom stereocenters. The van der Waals surface area contributed by atoms with Gasteiger partial charge in [-0.15, -0.1) is 0 Å². The van der Waals surface area contributed by atoms with Crippen molar-refractivity contribution in [2.45, 2.75) is 0 Å². The first-order valence-corrected chi connectivity index (χ1v) is 6.36. The Morgan fingerprint density at radius 2 is 1.67 bits per heavy atom. The van der Waals surface area contributed by atoms with Crippen molar-refractivity contribution in [2.24, 2.45) is 0 Å². The number of halogens is 1. The molecular formula is C15H12ClNO4. The van der Waals surface area contributed by atoms with Crippen LogP contribution in [0.4, 0.5) is 11.4 Å². The average molecular weight is 306 g/mol. The number of nitrogens with one attached hydrogen (secondary N) is 1. The summed E-state index contributed by atoms with van der Waals surface area (Å²) in [4.78, 5) is 22.7. The third-order valence-corrected chi connectivity index (χ3v) is 2.99. The molecule has 21 heavy (non-hydrogen) atoms. The van der Waals surface area contributed by atoms with E-state index in [0.717, 1.165) is 5.69 Å². The van der Waals surface area contributed by atoms with Gasteiger partial charge in [-0.2, -0.15) is 0 Å². The second-order valence-corrected chi connectivity index (χ2v) is 4.66. The number of ether oxygens (including phenoxy) is 1. The molecule has 0 amide bonds. The molecule has 0 saturated heterocycles. The lowest BCUT2D eigenvalue weighted by Crippen LogP contribution is -2.06. The summed E-state index contributed by atoms with van der Waals surface area (Å²) in [6.07, 6.45) is 0. The topological polar surface area (TPSA) is 75.6 Å². The number of benzene rings is 2. The Morgan fingerprint density at radius 3 is 2.24 bits per heavy atom. The van der Waals surface area contributed by atoms with E-state index in [4.69, 9.17) is 16.7 Å². The fourth-order valence-electron chi connectivity index (χ4n) is 1.76. The zero-order valence-corrected chi connectivity index (χ0v) is 11.8. The molecule has 0 heterocycles. The molecule has 2 aromatic carbocycles. The molecule has 2 N–H and O–H groups in total. The maximum atomic E-state index is 11.6. The largest absolute Gasteiger partial charge is 0.478 e. The van der Waals surface area contributed by atoms with Gasteiger partial charge in [0.1, 0.15) is 0 Å². The molecule has 0 unspecified atom stereocenters. The molecule has 0 fully saturated rings. The summed E-state index contributed by atoms with van der Waals surface area (Å²) >= 11 is 5.80. The molecule has 108 valence electrons. The first-order chi connectivity index (χ1) is 9.99. The fourth-order valence-corrected chi connectivity index (χ4v) is 1.88. The Bertz CT molecular complexity index is 683. The van der Waals surface area contributed by atoms with E-state index in [9.17, 15) is 9.59 Å². The zero-order valence-electron chi connectivity index (χ0n) is 11.1. The zero-order chi connectivity index (χ0) is 15.4. The molecule has 0 aliphatic carbocycles. The van der Waals surface area contributed by atoms with E-state index < -0.39 is 11.9 Å². The molecule has 6 heteroatoms. The lowest BCUT2D eigenvalue weighted by atomic mass is 10.1. The van der Waals surface area contributed by atoms with Gasteiger partial charge < -0.3 is 15.2 Å². The van der Waals surface area contributed by atoms with Crippen molar-refractivity contribution in [2.75, 3.05) is 12.4 Å². The Labute approximate surface area is 126 Å². The van der Waals surface area contributed by atoms with Crippen molar-refractivity contribution in [3.05, 3.63) is 58.6 Å². The van der Waals surface area contributed by atoms with Crippen LogP contribution in [0.3, 0.4) is 0 Å². The number of methoxy groups -OCH3 is 1. The SMILES string of the molecule is COC(=O)c1cc(Nc2ccc(Cl)cc2)cc(C(=O)O)c1. The number of esters is 1. The summed E-state index contributed by atoms with van der Waals surface area (Å²) in [5.41, 5.74) is 1.35. The Kier molecular flexibility index (Phi) is 4.45. The second kappa shape index (κ2) is 6.28. The lowest BCUT2D eigenvalue weighted by Gasteiger charge is -2.09. The highest BCUT2D eigenvalue weighted by molar-refractivity contribution is 6.30. The van der Waals surface area contributed by atoms with Gasteiger partial charge in [0.2, 0.25) is 0 Å². The fraction of sp³-hybridized carbons (Fsp3) is 0.0667. The van der Waals surface area contributed by atoms with Gasteiger partial charge in [0.05, 0.1) is 18.2 Å². The van der Waals surface area contributed by atoms with Crippen LogP contribution in [-0.4, -0.2) is 24.2 Å². The van der Waals surface area contributed by atoms with Crippen molar-refractivity contribution in [3.63, 3.8) is 0 Å². The van der Waals surface area contributed by atoms with Gasteiger partial charge in [0.15, 0.2) is 0 Å². The minimum absolute atomic E-state index is 0.00522. The number of aromatic carboxylic acids is 1. The lowest BCUT2D eigenvalue weighted by molar-refractivity contribution is 0.0601. The van der Waals surface area contributed by atoms with Crippen LogP contribution in [-0.2, 0) is 4.74 Å². The molecule has 0 saturated carbocycles. The number of carbonyl (C=O) groups is 2. The number of hydrogen-bond donors (Lipinski definition) is 2. The quantitative estimate of drug-likeness (QED) is 0.845. The summed E-state index contributed by atoms with van der Waals surface area (Å²) in [6, 6.07) is 11.1. The predicted molar refractivity (Wildman–Crippen MR) is 79.5 cm³/mol. The summed E-state index contributed by atoms with van der Waals surface area (Å²) in [5.74, 6) is -1.72. The monoisotopic (exact) mass is 305 g/mol. The van der Waals surface area contributed by atoms with Gasteiger partial charge in [-0.05, 0) is 42.5 Å². The molecule has 0 aliphatic heterocycles. The maximum absolute atomic E-state index is 11.6. The van der Waals surface area contributed by atoms with Crippen LogP contribution in [0, 0.1) is 0 Å². The van der Waals surface area contributed by atoms with Gasteiger partial charge in [-0.25, -0.2) is 9.59 Å². The molecule has 0 spiro atoms. The molecule has 0 aromatic heterocycles. The number of carbonyl (C=O) groups excluding carboxylic acids is 1. The highest BCUT2D eigenvalue weighted by Crippen LogP contribution is 2.22. The Balaban J connectivity index is 2.37. The van der Waals surface area contributed by atoms with Crippen LogP contribution >= 0.6 is 11.6 Å². The minimum Gasteiger partial charge on any atom is -0.478 e. The van der Waals surface area contributed by atoms with Gasteiger partial charge in [0.25, 0.3) is 0 Å². The van der Waals surface area contributed by atoms with Gasteiger partial charge in [-0.3, -0.25) is 0 Å². The molecular weight excluding hydrogens is 294 g/mol. The number of carboxylic acid groups (broad SMARTS) is 1. The Morgan fingerprint density at radius 1 is 1.05 bits per heavy atom. The minimum atomic E-state index is -1.13. The van der Waals surface area contributed by atoms with E-state index in [1.54, 1.807) is 24.3 Å². The van der Waals surface area contributed by atoms with Crippen molar-refractivity contribution in [1.82, 2.24) is 0 Å². The van der Waals surface area contributed by atoms with Crippen LogP contribution in [0.25, 0.3) is 0 Å². The van der Waals surface area contributed by atoms with Crippen LogP contribution in [0.1, 0.15) is 20.7 Å². The molecule has 0 aliphatic rings. The van der Waals surface area contributed by atoms with Crippen LogP contribution in [0.2, 0.25) is 5.02 Å². The van der Waals surface area contributed by atoms with Gasteiger partial charge in [-0.1, -0.05) is 11.6 Å². The van der Waals surface area contributed by atoms with E-state index in [-0.39, 0.29) is 11.1 Å². The van der Waals surface area contributed by atoms with E-state index in [0.29, 0.717) is 10.7 Å². The predicted octanol–water partition coefficient (Wildman–Crippen LogP) is 3.57. The van der Waals surface area contributed by atoms with Crippen LogP contribution in [0.15, 0.2) is 42.5 Å². The number of hydrogen-bond acceptors (Lipinski definition) is 4. The van der Waals surface area contributed by atoms with Crippen molar-refractivity contribution < 1.29 is 19.4 Å². The van der Waals surface area contributed by atoms with Crippen molar-refractivity contribution in [1.29, 1.82) is 0 Å². The summed E-state index contributed by atoms with van der Waals surface area (Å²) in [6.45, 7) is 0. The molecule has 2 rings (SSSR count). The summed E-state index contributed by atoms with van der Waals surface area (Å²) in [5, 5.41) is 12.7. The van der Waals surface area contributed by atoms with Crippen molar-refractivity contribution in [3.8, 4) is 0 Å². The number of carboxylic acids is 1. The summed E-state index contributed by atoms with van der Waals surface area (Å²) in [7, 11) is 1.24. The molecule has 0 radical (unpaired) electrons. The van der Waals surface area contributed by atoms with E-state index in [1.807, 2.05) is 0 Å². The highest BCUT2D eigenvalue weighted by atomic mass is 35.5. The van der Waals surface area contributed by atoms with E-state index in [2.05, 4.69) is 10.1 Å².